The first-order valence-corrected chi connectivity index (χ1v) is 4.94. The summed E-state index contributed by atoms with van der Waals surface area (Å²) < 4.78 is 0. The van der Waals surface area contributed by atoms with Crippen LogP contribution >= 0.6 is 0 Å². The van der Waals surface area contributed by atoms with Gasteiger partial charge in [-0.3, -0.25) is 4.79 Å². The Balaban J connectivity index is 2.70. The molecule has 0 heterocycles. The van der Waals surface area contributed by atoms with Gasteiger partial charge < -0.3 is 5.11 Å². The third-order valence-corrected chi connectivity index (χ3v) is 2.52. The van der Waals surface area contributed by atoms with Gasteiger partial charge in [0.25, 0.3) is 0 Å². The number of hydrogen-bond acceptors (Lipinski definition) is 2. The second-order valence-corrected chi connectivity index (χ2v) is 3.58. The van der Waals surface area contributed by atoms with E-state index in [0.29, 0.717) is 6.42 Å². The molecule has 1 unspecified atom stereocenters. The summed E-state index contributed by atoms with van der Waals surface area (Å²) in [5, 5.41) is 9.46. The molecule has 0 bridgehead atoms. The molecule has 0 aliphatic carbocycles. The fraction of sp³-hybridized carbons (Fsp3) is 0.417. The standard InChI is InChI=1S/C12H16O2/c1-3-9(2)12(14)8-10-6-4-5-7-11(10)13/h4-7,9,13H,3,8H2,1-2H3. The van der Waals surface area contributed by atoms with E-state index in [1.54, 1.807) is 18.2 Å². The van der Waals surface area contributed by atoms with E-state index in [0.717, 1.165) is 12.0 Å². The highest BCUT2D eigenvalue weighted by molar-refractivity contribution is 5.83. The largest absolute Gasteiger partial charge is 0.508 e. The molecule has 0 spiro atoms. The van der Waals surface area contributed by atoms with Crippen molar-refractivity contribution >= 4 is 5.78 Å². The van der Waals surface area contributed by atoms with Crippen LogP contribution in [0.2, 0.25) is 0 Å². The van der Waals surface area contributed by atoms with Crippen LogP contribution in [-0.4, -0.2) is 10.9 Å². The van der Waals surface area contributed by atoms with Gasteiger partial charge in [-0.15, -0.1) is 0 Å². The number of phenols is 1. The molecule has 0 aliphatic heterocycles. The van der Waals surface area contributed by atoms with E-state index >= 15 is 0 Å². The average molecular weight is 192 g/mol. The first-order valence-electron chi connectivity index (χ1n) is 4.94. The lowest BCUT2D eigenvalue weighted by Gasteiger charge is -2.08. The molecule has 1 atom stereocenters. The molecule has 0 saturated carbocycles. The van der Waals surface area contributed by atoms with Crippen LogP contribution in [0.4, 0.5) is 0 Å². The molecule has 0 amide bonds. The van der Waals surface area contributed by atoms with Crippen molar-refractivity contribution in [3.8, 4) is 5.75 Å². The van der Waals surface area contributed by atoms with E-state index in [-0.39, 0.29) is 17.5 Å². The molecule has 1 N–H and O–H groups in total. The number of para-hydroxylation sites is 1. The number of rotatable bonds is 4. The third-order valence-electron chi connectivity index (χ3n) is 2.52. The minimum atomic E-state index is 0.0783. The lowest BCUT2D eigenvalue weighted by atomic mass is 9.97. The van der Waals surface area contributed by atoms with E-state index in [1.807, 2.05) is 19.9 Å². The zero-order valence-corrected chi connectivity index (χ0v) is 8.66. The van der Waals surface area contributed by atoms with Crippen LogP contribution in [0, 0.1) is 5.92 Å². The highest BCUT2D eigenvalue weighted by Gasteiger charge is 2.12. The minimum absolute atomic E-state index is 0.0783. The quantitative estimate of drug-likeness (QED) is 0.796. The van der Waals surface area contributed by atoms with Gasteiger partial charge in [-0.05, 0) is 12.5 Å². The molecule has 14 heavy (non-hydrogen) atoms. The predicted octanol–water partition coefficient (Wildman–Crippen LogP) is 2.55. The van der Waals surface area contributed by atoms with Gasteiger partial charge in [0, 0.05) is 17.9 Å². The van der Waals surface area contributed by atoms with Crippen molar-refractivity contribution in [3.05, 3.63) is 29.8 Å². The number of hydrogen-bond donors (Lipinski definition) is 1. The monoisotopic (exact) mass is 192 g/mol. The Labute approximate surface area is 84.6 Å². The van der Waals surface area contributed by atoms with E-state index in [2.05, 4.69) is 0 Å². The Morgan fingerprint density at radius 1 is 1.43 bits per heavy atom. The molecule has 76 valence electrons. The second-order valence-electron chi connectivity index (χ2n) is 3.58. The summed E-state index contributed by atoms with van der Waals surface area (Å²) in [5.41, 5.74) is 0.720. The lowest BCUT2D eigenvalue weighted by molar-refractivity contribution is -0.121. The number of carbonyl (C=O) groups excluding carboxylic acids is 1. The molecule has 0 saturated heterocycles. The Kier molecular flexibility index (Phi) is 3.69. The Hall–Kier alpha value is -1.31. The van der Waals surface area contributed by atoms with Crippen molar-refractivity contribution in [2.45, 2.75) is 26.7 Å². The Morgan fingerprint density at radius 3 is 2.64 bits per heavy atom. The van der Waals surface area contributed by atoms with Crippen LogP contribution < -0.4 is 0 Å². The van der Waals surface area contributed by atoms with Gasteiger partial charge >= 0.3 is 0 Å². The molecule has 0 aromatic heterocycles. The van der Waals surface area contributed by atoms with Gasteiger partial charge in [-0.25, -0.2) is 0 Å². The lowest BCUT2D eigenvalue weighted by Crippen LogP contribution is -2.12. The van der Waals surface area contributed by atoms with E-state index in [4.69, 9.17) is 0 Å². The van der Waals surface area contributed by atoms with E-state index in [9.17, 15) is 9.90 Å². The van der Waals surface area contributed by atoms with E-state index < -0.39 is 0 Å². The number of aromatic hydroxyl groups is 1. The second kappa shape index (κ2) is 4.80. The van der Waals surface area contributed by atoms with Crippen LogP contribution in [0.5, 0.6) is 5.75 Å². The van der Waals surface area contributed by atoms with Crippen LogP contribution in [0.15, 0.2) is 24.3 Å². The molecular formula is C12H16O2. The highest BCUT2D eigenvalue weighted by atomic mass is 16.3. The summed E-state index contributed by atoms with van der Waals surface area (Å²) in [6.45, 7) is 3.91. The SMILES string of the molecule is CCC(C)C(=O)Cc1ccccc1O. The summed E-state index contributed by atoms with van der Waals surface area (Å²) in [4.78, 5) is 11.6. The average Bonchev–Trinajstić information content (AvgIpc) is 2.20. The fourth-order valence-electron chi connectivity index (χ4n) is 1.25. The van der Waals surface area contributed by atoms with Crippen LogP contribution in [0.1, 0.15) is 25.8 Å². The van der Waals surface area contributed by atoms with Crippen LogP contribution in [0.3, 0.4) is 0 Å². The normalized spacial score (nSPS) is 12.4. The molecular weight excluding hydrogens is 176 g/mol. The van der Waals surface area contributed by atoms with Gasteiger partial charge in [-0.1, -0.05) is 32.0 Å². The third kappa shape index (κ3) is 2.59. The van der Waals surface area contributed by atoms with Gasteiger partial charge in [-0.2, -0.15) is 0 Å². The van der Waals surface area contributed by atoms with Crippen molar-refractivity contribution in [2.24, 2.45) is 5.92 Å². The van der Waals surface area contributed by atoms with Crippen LogP contribution in [0.25, 0.3) is 0 Å². The molecule has 1 rings (SSSR count). The molecule has 1 aromatic rings. The summed E-state index contributed by atoms with van der Waals surface area (Å²) >= 11 is 0. The first-order chi connectivity index (χ1) is 6.65. The minimum Gasteiger partial charge on any atom is -0.508 e. The van der Waals surface area contributed by atoms with Gasteiger partial charge in [0.2, 0.25) is 0 Å². The molecule has 0 aliphatic rings. The number of ketones is 1. The first kappa shape index (κ1) is 10.8. The van der Waals surface area contributed by atoms with Gasteiger partial charge in [0.1, 0.15) is 11.5 Å². The maximum absolute atomic E-state index is 11.6. The molecule has 2 heteroatoms. The molecule has 2 nitrogen and oxygen atoms in total. The van der Waals surface area contributed by atoms with Crippen molar-refractivity contribution in [1.82, 2.24) is 0 Å². The predicted molar refractivity (Wildman–Crippen MR) is 56.3 cm³/mol. The Bertz CT molecular complexity index is 318. The zero-order valence-electron chi connectivity index (χ0n) is 8.66. The molecule has 1 aromatic carbocycles. The number of phenolic OH excluding ortho intramolecular Hbond substituents is 1. The maximum atomic E-state index is 11.6. The summed E-state index contributed by atoms with van der Waals surface area (Å²) in [5.74, 6) is 0.479. The summed E-state index contributed by atoms with van der Waals surface area (Å²) in [6.07, 6.45) is 1.19. The molecule has 0 fully saturated rings. The number of carbonyl (C=O) groups is 1. The summed E-state index contributed by atoms with van der Waals surface area (Å²) in [7, 11) is 0. The molecule has 0 radical (unpaired) electrons. The topological polar surface area (TPSA) is 37.3 Å². The summed E-state index contributed by atoms with van der Waals surface area (Å²) in [6, 6.07) is 6.99. The zero-order chi connectivity index (χ0) is 10.6. The van der Waals surface area contributed by atoms with Crippen LogP contribution in [-0.2, 0) is 11.2 Å². The fourth-order valence-corrected chi connectivity index (χ4v) is 1.25. The number of benzene rings is 1. The van der Waals surface area contributed by atoms with Crippen molar-refractivity contribution in [3.63, 3.8) is 0 Å². The Morgan fingerprint density at radius 2 is 2.07 bits per heavy atom. The number of Topliss-reactive ketones (excluding diaryl/α,β-unsaturated/α-hetero) is 1. The van der Waals surface area contributed by atoms with Crippen molar-refractivity contribution in [2.75, 3.05) is 0 Å². The van der Waals surface area contributed by atoms with Gasteiger partial charge in [0.05, 0.1) is 0 Å². The highest BCUT2D eigenvalue weighted by Crippen LogP contribution is 2.18. The van der Waals surface area contributed by atoms with Crippen molar-refractivity contribution < 1.29 is 9.90 Å². The van der Waals surface area contributed by atoms with Gasteiger partial charge in [0.15, 0.2) is 0 Å². The van der Waals surface area contributed by atoms with Crippen molar-refractivity contribution in [1.29, 1.82) is 0 Å². The maximum Gasteiger partial charge on any atom is 0.140 e. The van der Waals surface area contributed by atoms with E-state index in [1.165, 1.54) is 0 Å². The smallest absolute Gasteiger partial charge is 0.140 e.